The smallest absolute Gasteiger partial charge is 0.229 e. The van der Waals surface area contributed by atoms with Gasteiger partial charge in [-0.15, -0.1) is 5.10 Å². The first-order chi connectivity index (χ1) is 8.33. The van der Waals surface area contributed by atoms with Crippen LogP contribution < -0.4 is 5.32 Å². The fourth-order valence-electron chi connectivity index (χ4n) is 2.08. The molecule has 17 heavy (non-hydrogen) atoms. The molecule has 3 rings (SSSR count). The van der Waals surface area contributed by atoms with Gasteiger partial charge in [-0.3, -0.25) is 4.79 Å². The van der Waals surface area contributed by atoms with Gasteiger partial charge in [-0.05, 0) is 6.42 Å². The highest BCUT2D eigenvalue weighted by Gasteiger charge is 2.25. The van der Waals surface area contributed by atoms with Crippen molar-refractivity contribution in [3.8, 4) is 0 Å². The van der Waals surface area contributed by atoms with E-state index in [1.807, 2.05) is 6.20 Å². The van der Waals surface area contributed by atoms with Crippen LogP contribution in [0.4, 0.5) is 5.82 Å². The van der Waals surface area contributed by atoms with Gasteiger partial charge in [0.25, 0.3) is 0 Å². The lowest BCUT2D eigenvalue weighted by atomic mass is 9.95. The van der Waals surface area contributed by atoms with E-state index in [0.29, 0.717) is 5.82 Å². The van der Waals surface area contributed by atoms with Gasteiger partial charge in [0.05, 0.1) is 12.5 Å². The number of anilines is 1. The third-order valence-corrected chi connectivity index (χ3v) is 3.01. The van der Waals surface area contributed by atoms with Gasteiger partial charge in [-0.2, -0.15) is 10.3 Å². The molecule has 2 aromatic heterocycles. The molecule has 7 nitrogen and oxygen atoms in total. The molecular weight excluding hydrogens is 220 g/mol. The van der Waals surface area contributed by atoms with Crippen molar-refractivity contribution in [3.63, 3.8) is 0 Å². The number of hydrogen-bond donors (Lipinski definition) is 2. The summed E-state index contributed by atoms with van der Waals surface area (Å²) in [6.07, 6.45) is 6.67. The summed E-state index contributed by atoms with van der Waals surface area (Å²) < 4.78 is 2.08. The summed E-state index contributed by atoms with van der Waals surface area (Å²) in [6, 6.07) is 0. The molecule has 1 unspecified atom stereocenters. The first-order valence-electron chi connectivity index (χ1n) is 5.48. The third kappa shape index (κ3) is 1.91. The highest BCUT2D eigenvalue weighted by atomic mass is 16.2. The lowest BCUT2D eigenvalue weighted by Gasteiger charge is -2.22. The van der Waals surface area contributed by atoms with Crippen LogP contribution in [-0.2, 0) is 17.8 Å². The van der Waals surface area contributed by atoms with Crippen LogP contribution in [0.5, 0.6) is 0 Å². The molecule has 0 fully saturated rings. The number of H-pyrrole nitrogens is 1. The molecule has 1 aliphatic rings. The number of hydrogen-bond acceptors (Lipinski definition) is 4. The lowest BCUT2D eigenvalue weighted by Crippen LogP contribution is -2.30. The van der Waals surface area contributed by atoms with E-state index in [2.05, 4.69) is 30.3 Å². The Labute approximate surface area is 97.2 Å². The van der Waals surface area contributed by atoms with Gasteiger partial charge in [-0.1, -0.05) is 0 Å². The standard InChI is InChI=1S/C10H12N6O/c17-10(13-9-5-12-15-14-9)7-1-2-16-6-11-4-8(16)3-7/h4-7H,1-3H2,(H2,12,13,14,15,17). The Kier molecular flexibility index (Phi) is 2.36. The van der Waals surface area contributed by atoms with E-state index in [0.717, 1.165) is 25.1 Å². The van der Waals surface area contributed by atoms with Gasteiger partial charge in [0, 0.05) is 30.8 Å². The number of aryl methyl sites for hydroxylation is 1. The van der Waals surface area contributed by atoms with E-state index in [-0.39, 0.29) is 11.8 Å². The molecule has 2 aromatic rings. The second kappa shape index (κ2) is 4.00. The highest BCUT2D eigenvalue weighted by Crippen LogP contribution is 2.20. The number of aromatic amines is 1. The second-order valence-electron chi connectivity index (χ2n) is 4.11. The molecule has 0 bridgehead atoms. The molecule has 2 N–H and O–H groups in total. The average Bonchev–Trinajstić information content (AvgIpc) is 2.97. The van der Waals surface area contributed by atoms with Crippen molar-refractivity contribution in [1.29, 1.82) is 0 Å². The third-order valence-electron chi connectivity index (χ3n) is 3.01. The lowest BCUT2D eigenvalue weighted by molar-refractivity contribution is -0.120. The van der Waals surface area contributed by atoms with Crippen LogP contribution in [0, 0.1) is 5.92 Å². The number of nitrogens with one attached hydrogen (secondary N) is 2. The molecule has 0 aliphatic carbocycles. The van der Waals surface area contributed by atoms with Gasteiger partial charge in [-0.25, -0.2) is 4.98 Å². The maximum atomic E-state index is 12.0. The molecule has 0 saturated heterocycles. The van der Waals surface area contributed by atoms with Crippen molar-refractivity contribution < 1.29 is 4.79 Å². The topological polar surface area (TPSA) is 88.5 Å². The van der Waals surface area contributed by atoms with Crippen LogP contribution in [0.25, 0.3) is 0 Å². The fourth-order valence-corrected chi connectivity index (χ4v) is 2.08. The Morgan fingerprint density at radius 3 is 3.29 bits per heavy atom. The van der Waals surface area contributed by atoms with Crippen molar-refractivity contribution in [2.24, 2.45) is 5.92 Å². The molecular formula is C10H12N6O. The highest BCUT2D eigenvalue weighted by molar-refractivity contribution is 5.91. The van der Waals surface area contributed by atoms with E-state index >= 15 is 0 Å². The molecule has 0 spiro atoms. The van der Waals surface area contributed by atoms with E-state index in [1.165, 1.54) is 6.20 Å². The quantitative estimate of drug-likeness (QED) is 0.774. The molecule has 88 valence electrons. The Morgan fingerprint density at radius 2 is 2.47 bits per heavy atom. The van der Waals surface area contributed by atoms with E-state index in [4.69, 9.17) is 0 Å². The van der Waals surface area contributed by atoms with Crippen molar-refractivity contribution in [2.45, 2.75) is 19.4 Å². The van der Waals surface area contributed by atoms with Crippen LogP contribution in [0.3, 0.4) is 0 Å². The largest absolute Gasteiger partial charge is 0.335 e. The molecule has 0 radical (unpaired) electrons. The van der Waals surface area contributed by atoms with Crippen molar-refractivity contribution in [2.75, 3.05) is 5.32 Å². The Hall–Kier alpha value is -2.18. The predicted molar refractivity (Wildman–Crippen MR) is 59.1 cm³/mol. The zero-order chi connectivity index (χ0) is 11.7. The van der Waals surface area contributed by atoms with Crippen LogP contribution >= 0.6 is 0 Å². The summed E-state index contributed by atoms with van der Waals surface area (Å²) in [7, 11) is 0. The minimum atomic E-state index is -0.0177. The van der Waals surface area contributed by atoms with Crippen LogP contribution in [0.2, 0.25) is 0 Å². The molecule has 3 heterocycles. The van der Waals surface area contributed by atoms with Crippen LogP contribution in [0.1, 0.15) is 12.1 Å². The van der Waals surface area contributed by atoms with Gasteiger partial charge >= 0.3 is 0 Å². The molecule has 0 aromatic carbocycles. The first kappa shape index (κ1) is 10.0. The van der Waals surface area contributed by atoms with Gasteiger partial charge < -0.3 is 9.88 Å². The van der Waals surface area contributed by atoms with E-state index in [1.54, 1.807) is 6.33 Å². The Morgan fingerprint density at radius 1 is 1.53 bits per heavy atom. The second-order valence-corrected chi connectivity index (χ2v) is 4.11. The molecule has 1 amide bonds. The molecule has 1 atom stereocenters. The fraction of sp³-hybridized carbons (Fsp3) is 0.400. The predicted octanol–water partition coefficient (Wildman–Crippen LogP) is 0.202. The summed E-state index contributed by atoms with van der Waals surface area (Å²) in [6.45, 7) is 0.840. The number of aromatic nitrogens is 5. The first-order valence-corrected chi connectivity index (χ1v) is 5.48. The summed E-state index contributed by atoms with van der Waals surface area (Å²) in [5.41, 5.74) is 1.11. The summed E-state index contributed by atoms with van der Waals surface area (Å²) in [4.78, 5) is 16.1. The number of carbonyl (C=O) groups excluding carboxylic acids is 1. The maximum absolute atomic E-state index is 12.0. The Bertz CT molecular complexity index is 517. The van der Waals surface area contributed by atoms with Gasteiger partial charge in [0.2, 0.25) is 5.91 Å². The average molecular weight is 232 g/mol. The van der Waals surface area contributed by atoms with Crippen LogP contribution in [-0.4, -0.2) is 30.9 Å². The minimum absolute atomic E-state index is 0.00801. The number of imidazole rings is 1. The van der Waals surface area contributed by atoms with Gasteiger partial charge in [0.15, 0.2) is 5.82 Å². The van der Waals surface area contributed by atoms with Crippen molar-refractivity contribution in [3.05, 3.63) is 24.4 Å². The maximum Gasteiger partial charge on any atom is 0.229 e. The van der Waals surface area contributed by atoms with Crippen LogP contribution in [0.15, 0.2) is 18.7 Å². The summed E-state index contributed by atoms with van der Waals surface area (Å²) >= 11 is 0. The number of nitrogens with zero attached hydrogens (tertiary/aromatic N) is 4. The minimum Gasteiger partial charge on any atom is -0.335 e. The van der Waals surface area contributed by atoms with E-state index < -0.39 is 0 Å². The molecule has 1 aliphatic heterocycles. The normalized spacial score (nSPS) is 18.7. The molecule has 7 heteroatoms. The summed E-state index contributed by atoms with van der Waals surface area (Å²) in [5.74, 6) is 0.441. The zero-order valence-corrected chi connectivity index (χ0v) is 9.13. The number of rotatable bonds is 2. The monoisotopic (exact) mass is 232 g/mol. The number of fused-ring (bicyclic) bond motifs is 1. The van der Waals surface area contributed by atoms with E-state index in [9.17, 15) is 4.79 Å². The SMILES string of the molecule is O=C(Nc1cn[nH]n1)C1CCn2cncc2C1. The zero-order valence-electron chi connectivity index (χ0n) is 9.13. The molecule has 0 saturated carbocycles. The summed E-state index contributed by atoms with van der Waals surface area (Å²) in [5, 5.41) is 12.6. The number of amides is 1. The number of carbonyl (C=O) groups is 1. The van der Waals surface area contributed by atoms with Crippen molar-refractivity contribution >= 4 is 11.7 Å². The van der Waals surface area contributed by atoms with Gasteiger partial charge in [0.1, 0.15) is 0 Å². The van der Waals surface area contributed by atoms with Crippen molar-refractivity contribution in [1.82, 2.24) is 25.0 Å². The Balaban J connectivity index is 1.68.